The molecule has 0 aromatic carbocycles. The molecule has 1 aliphatic carbocycles. The van der Waals surface area contributed by atoms with Crippen LogP contribution in [0.15, 0.2) is 12.2 Å². The van der Waals surface area contributed by atoms with Crippen LogP contribution in [0.25, 0.3) is 0 Å². The van der Waals surface area contributed by atoms with Crippen LogP contribution in [0.5, 0.6) is 0 Å². The highest BCUT2D eigenvalue weighted by Crippen LogP contribution is 2.38. The molecule has 2 rings (SSSR count). The molecule has 10 nitrogen and oxygen atoms in total. The molecule has 248 valence electrons. The number of aliphatic hydroxyl groups is 2. The zero-order chi connectivity index (χ0) is 31.3. The first-order valence-corrected chi connectivity index (χ1v) is 17.0. The second-order valence-electron chi connectivity index (χ2n) is 12.6. The van der Waals surface area contributed by atoms with Gasteiger partial charge in [0.2, 0.25) is 0 Å². The molecule has 0 amide bonds. The van der Waals surface area contributed by atoms with Crippen LogP contribution >= 0.6 is 0 Å². The van der Waals surface area contributed by atoms with Gasteiger partial charge >= 0.3 is 5.97 Å². The summed E-state index contributed by atoms with van der Waals surface area (Å²) in [5, 5.41) is 30.4. The van der Waals surface area contributed by atoms with Gasteiger partial charge in [0, 0.05) is 25.8 Å². The fourth-order valence-corrected chi connectivity index (χ4v) is 6.58. The fraction of sp³-hybridized carbons (Fsp3) is 0.879. The molecule has 0 radical (unpaired) electrons. The topological polar surface area (TPSA) is 139 Å². The van der Waals surface area contributed by atoms with E-state index in [1.165, 1.54) is 19.3 Å². The average Bonchev–Trinajstić information content (AvgIpc) is 3.25. The Balaban J connectivity index is 1.50. The molecule has 2 fully saturated rings. The number of esters is 1. The number of hydrogen-bond donors (Lipinski definition) is 2. The van der Waals surface area contributed by atoms with E-state index in [1.54, 1.807) is 0 Å². The molecule has 2 N–H and O–H groups in total. The lowest BCUT2D eigenvalue weighted by Crippen LogP contribution is -2.35. The van der Waals surface area contributed by atoms with Gasteiger partial charge in [0.25, 0.3) is 5.09 Å². The standard InChI is InChI=1S/C33H58N2O8/c1-2-3-4-5-8-14-28(36)17-18-30-29(31(37)26-32(30)38)15-9-6-7-10-16-33(39)42-24-12-21-34-22-19-27(20-23-34)13-11-25-43-35(40)41/h6,9,27,29-32,37-38H,2-5,7-8,10-26H2,1H3/b9-6-/t29-,30-,31+,32-/m1/s1. The summed E-state index contributed by atoms with van der Waals surface area (Å²) in [4.78, 5) is 41.4. The van der Waals surface area contributed by atoms with Crippen LogP contribution in [0.3, 0.4) is 0 Å². The molecule has 0 unspecified atom stereocenters. The van der Waals surface area contributed by atoms with Gasteiger partial charge in [0.05, 0.1) is 25.4 Å². The predicted molar refractivity (Wildman–Crippen MR) is 166 cm³/mol. The maximum atomic E-state index is 12.3. The van der Waals surface area contributed by atoms with E-state index in [2.05, 4.69) is 16.7 Å². The Kier molecular flexibility index (Phi) is 19.4. The van der Waals surface area contributed by atoms with E-state index in [-0.39, 0.29) is 30.2 Å². The second-order valence-corrected chi connectivity index (χ2v) is 12.6. The van der Waals surface area contributed by atoms with E-state index >= 15 is 0 Å². The molecule has 4 atom stereocenters. The first kappa shape index (κ1) is 37.1. The smallest absolute Gasteiger partial charge is 0.305 e. The number of Topliss-reactive ketones (excluding diaryl/α,β-unsaturated/α-hetero) is 1. The number of hydrogen-bond acceptors (Lipinski definition) is 9. The number of rotatable bonds is 24. The molecule has 0 spiro atoms. The van der Waals surface area contributed by atoms with Crippen LogP contribution in [0.4, 0.5) is 0 Å². The maximum Gasteiger partial charge on any atom is 0.305 e. The van der Waals surface area contributed by atoms with Crippen molar-refractivity contribution in [3.63, 3.8) is 0 Å². The number of carbonyl (C=O) groups is 2. The van der Waals surface area contributed by atoms with Gasteiger partial charge in [-0.05, 0) is 101 Å². The van der Waals surface area contributed by atoms with E-state index in [0.717, 1.165) is 64.6 Å². The quantitative estimate of drug-likeness (QED) is 0.0456. The zero-order valence-corrected chi connectivity index (χ0v) is 26.5. The summed E-state index contributed by atoms with van der Waals surface area (Å²) in [6.07, 6.45) is 17.9. The number of nitrogens with zero attached hydrogens (tertiary/aromatic N) is 2. The molecule has 1 heterocycles. The molecule has 43 heavy (non-hydrogen) atoms. The zero-order valence-electron chi connectivity index (χ0n) is 26.5. The largest absolute Gasteiger partial charge is 0.466 e. The molecule has 1 aliphatic heterocycles. The first-order chi connectivity index (χ1) is 20.8. The van der Waals surface area contributed by atoms with Crippen LogP contribution in [-0.2, 0) is 19.2 Å². The Bertz CT molecular complexity index is 815. The summed E-state index contributed by atoms with van der Waals surface area (Å²) in [6, 6.07) is 0. The molecule has 1 saturated heterocycles. The van der Waals surface area contributed by atoms with Crippen molar-refractivity contribution in [2.75, 3.05) is 32.8 Å². The minimum absolute atomic E-state index is 0.0327. The Morgan fingerprint density at radius 1 is 0.884 bits per heavy atom. The van der Waals surface area contributed by atoms with Crippen molar-refractivity contribution in [3.05, 3.63) is 22.3 Å². The maximum absolute atomic E-state index is 12.3. The fourth-order valence-electron chi connectivity index (χ4n) is 6.58. The van der Waals surface area contributed by atoms with Crippen LogP contribution in [0.2, 0.25) is 0 Å². The molecular formula is C33H58N2O8. The molecule has 1 saturated carbocycles. The summed E-state index contributed by atoms with van der Waals surface area (Å²) in [5.74, 6) is 0.611. The average molecular weight is 611 g/mol. The van der Waals surface area contributed by atoms with E-state index in [1.807, 2.05) is 12.2 Å². The SMILES string of the molecule is CCCCCCCC(=O)CC[C@@H]1[C@@H](C/C=C\CCCC(=O)OCCCN2CCC(CCCO[N+](=O)[O-])CC2)[C@@H](O)C[C@H]1O. The summed E-state index contributed by atoms with van der Waals surface area (Å²) in [7, 11) is 0. The highest BCUT2D eigenvalue weighted by atomic mass is 16.9. The number of allylic oxidation sites excluding steroid dienone is 2. The van der Waals surface area contributed by atoms with Gasteiger partial charge < -0.3 is 24.7 Å². The van der Waals surface area contributed by atoms with Crippen molar-refractivity contribution in [2.24, 2.45) is 17.8 Å². The highest BCUT2D eigenvalue weighted by molar-refractivity contribution is 5.78. The number of piperidine rings is 1. The number of ketones is 1. The van der Waals surface area contributed by atoms with Crippen molar-refractivity contribution < 1.29 is 34.5 Å². The van der Waals surface area contributed by atoms with E-state index in [4.69, 9.17) is 4.74 Å². The van der Waals surface area contributed by atoms with Gasteiger partial charge in [-0.15, -0.1) is 10.1 Å². The monoisotopic (exact) mass is 610 g/mol. The van der Waals surface area contributed by atoms with Crippen molar-refractivity contribution >= 4 is 11.8 Å². The number of ether oxygens (including phenoxy) is 1. The minimum atomic E-state index is -0.733. The molecule has 0 bridgehead atoms. The summed E-state index contributed by atoms with van der Waals surface area (Å²) in [5.41, 5.74) is 0. The Hall–Kier alpha value is -2.04. The summed E-state index contributed by atoms with van der Waals surface area (Å²) >= 11 is 0. The second kappa shape index (κ2) is 22.5. The minimum Gasteiger partial charge on any atom is -0.466 e. The number of carbonyl (C=O) groups excluding carboxylic acids is 2. The molecule has 10 heteroatoms. The van der Waals surface area contributed by atoms with E-state index in [0.29, 0.717) is 63.9 Å². The van der Waals surface area contributed by atoms with Crippen molar-refractivity contribution in [1.82, 2.24) is 4.90 Å². The van der Waals surface area contributed by atoms with Gasteiger partial charge in [-0.2, -0.15) is 0 Å². The third-order valence-electron chi connectivity index (χ3n) is 9.21. The van der Waals surface area contributed by atoms with Crippen LogP contribution in [0, 0.1) is 27.9 Å². The third kappa shape index (κ3) is 16.6. The summed E-state index contributed by atoms with van der Waals surface area (Å²) < 4.78 is 5.41. The van der Waals surface area contributed by atoms with Gasteiger partial charge in [-0.25, -0.2) is 0 Å². The lowest BCUT2D eigenvalue weighted by molar-refractivity contribution is -0.757. The van der Waals surface area contributed by atoms with Crippen LogP contribution in [-0.4, -0.2) is 77.0 Å². The van der Waals surface area contributed by atoms with E-state index in [9.17, 15) is 29.9 Å². The van der Waals surface area contributed by atoms with E-state index < -0.39 is 17.3 Å². The Morgan fingerprint density at radius 2 is 1.63 bits per heavy atom. The van der Waals surface area contributed by atoms with Crippen molar-refractivity contribution in [2.45, 2.75) is 135 Å². The van der Waals surface area contributed by atoms with Gasteiger partial charge in [-0.3, -0.25) is 9.59 Å². The molecule has 0 aromatic heterocycles. The Labute approximate surface area is 258 Å². The highest BCUT2D eigenvalue weighted by Gasteiger charge is 2.40. The third-order valence-corrected chi connectivity index (χ3v) is 9.21. The van der Waals surface area contributed by atoms with Gasteiger partial charge in [-0.1, -0.05) is 44.8 Å². The molecular weight excluding hydrogens is 552 g/mol. The number of aliphatic hydroxyl groups excluding tert-OH is 2. The van der Waals surface area contributed by atoms with Gasteiger partial charge in [0.15, 0.2) is 0 Å². The lowest BCUT2D eigenvalue weighted by Gasteiger charge is -2.31. The van der Waals surface area contributed by atoms with Crippen LogP contribution in [0.1, 0.15) is 122 Å². The predicted octanol–water partition coefficient (Wildman–Crippen LogP) is 5.80. The molecule has 2 aliphatic rings. The number of unbranched alkanes of at least 4 members (excludes halogenated alkanes) is 5. The van der Waals surface area contributed by atoms with Crippen molar-refractivity contribution in [1.29, 1.82) is 0 Å². The Morgan fingerprint density at radius 3 is 2.37 bits per heavy atom. The van der Waals surface area contributed by atoms with Crippen molar-refractivity contribution in [3.8, 4) is 0 Å². The van der Waals surface area contributed by atoms with Crippen LogP contribution < -0.4 is 0 Å². The first-order valence-electron chi connectivity index (χ1n) is 17.0. The number of likely N-dealkylation sites (tertiary alicyclic amines) is 1. The van der Waals surface area contributed by atoms with Gasteiger partial charge in [0.1, 0.15) is 5.78 Å². The molecule has 0 aromatic rings. The normalized spacial score (nSPS) is 23.1. The lowest BCUT2D eigenvalue weighted by atomic mass is 9.86. The summed E-state index contributed by atoms with van der Waals surface area (Å²) in [6.45, 7) is 5.71.